The molecule has 0 saturated carbocycles. The van der Waals surface area contributed by atoms with Gasteiger partial charge >= 0.3 is 0 Å². The van der Waals surface area contributed by atoms with E-state index in [1.165, 1.54) is 24.3 Å². The second kappa shape index (κ2) is 5.70. The molecule has 0 spiro atoms. The number of benzene rings is 2. The van der Waals surface area contributed by atoms with Crippen LogP contribution in [0.15, 0.2) is 47.4 Å². The van der Waals surface area contributed by atoms with Crippen LogP contribution in [0.1, 0.15) is 29.8 Å². The van der Waals surface area contributed by atoms with Crippen molar-refractivity contribution in [1.82, 2.24) is 0 Å². The van der Waals surface area contributed by atoms with Gasteiger partial charge in [-0.25, -0.2) is 8.42 Å². The lowest BCUT2D eigenvalue weighted by atomic mass is 9.86. The zero-order valence-corrected chi connectivity index (χ0v) is 14.9. The van der Waals surface area contributed by atoms with E-state index in [4.69, 9.17) is 0 Å². The van der Waals surface area contributed by atoms with Crippen LogP contribution in [-0.2, 0) is 20.0 Å². The van der Waals surface area contributed by atoms with Crippen molar-refractivity contribution in [1.29, 1.82) is 0 Å². The third-order valence-electron chi connectivity index (χ3n) is 4.31. The van der Waals surface area contributed by atoms with E-state index in [1.54, 1.807) is 12.1 Å². The highest BCUT2D eigenvalue weighted by atomic mass is 32.2. The number of fused-ring (bicyclic) bond motifs is 1. The van der Waals surface area contributed by atoms with E-state index in [9.17, 15) is 18.0 Å². The fraction of sp³-hybridized carbons (Fsp3) is 0.222. The van der Waals surface area contributed by atoms with E-state index in [2.05, 4.69) is 10.6 Å². The highest BCUT2D eigenvalue weighted by molar-refractivity contribution is 7.90. The summed E-state index contributed by atoms with van der Waals surface area (Å²) in [7, 11) is -3.30. The second-order valence-electron chi connectivity index (χ2n) is 6.59. The van der Waals surface area contributed by atoms with Gasteiger partial charge in [-0.1, -0.05) is 6.07 Å². The van der Waals surface area contributed by atoms with Crippen LogP contribution < -0.4 is 10.6 Å². The molecule has 0 atom stereocenters. The van der Waals surface area contributed by atoms with Crippen molar-refractivity contribution in [3.8, 4) is 0 Å². The van der Waals surface area contributed by atoms with Crippen LogP contribution in [0.25, 0.3) is 0 Å². The van der Waals surface area contributed by atoms with E-state index in [1.807, 2.05) is 19.9 Å². The summed E-state index contributed by atoms with van der Waals surface area (Å²) in [5, 5.41) is 5.56. The number of amides is 2. The van der Waals surface area contributed by atoms with Crippen LogP contribution in [0.5, 0.6) is 0 Å². The lowest BCUT2D eigenvalue weighted by molar-refractivity contribution is -0.119. The number of anilines is 2. The van der Waals surface area contributed by atoms with E-state index in [0.717, 1.165) is 11.8 Å². The van der Waals surface area contributed by atoms with Gasteiger partial charge in [-0.05, 0) is 55.8 Å². The Morgan fingerprint density at radius 2 is 1.72 bits per heavy atom. The minimum Gasteiger partial charge on any atom is -0.325 e. The molecule has 6 nitrogen and oxygen atoms in total. The summed E-state index contributed by atoms with van der Waals surface area (Å²) in [5.41, 5.74) is 1.86. The molecule has 130 valence electrons. The molecule has 1 aliphatic rings. The summed E-state index contributed by atoms with van der Waals surface area (Å²) in [4.78, 5) is 24.5. The van der Waals surface area contributed by atoms with Crippen LogP contribution in [0.4, 0.5) is 11.4 Å². The topological polar surface area (TPSA) is 92.3 Å². The molecule has 0 unspecified atom stereocenters. The first-order chi connectivity index (χ1) is 11.6. The van der Waals surface area contributed by atoms with Crippen LogP contribution >= 0.6 is 0 Å². The van der Waals surface area contributed by atoms with Crippen molar-refractivity contribution in [2.45, 2.75) is 24.2 Å². The molecule has 0 saturated heterocycles. The maximum absolute atomic E-state index is 12.3. The number of sulfone groups is 1. The quantitative estimate of drug-likeness (QED) is 0.882. The van der Waals surface area contributed by atoms with Gasteiger partial charge in [-0.15, -0.1) is 0 Å². The number of hydrogen-bond acceptors (Lipinski definition) is 4. The minimum absolute atomic E-state index is 0.0812. The van der Waals surface area contributed by atoms with Crippen LogP contribution in [0.2, 0.25) is 0 Å². The minimum atomic E-state index is -3.30. The molecule has 3 rings (SSSR count). The second-order valence-corrected chi connectivity index (χ2v) is 8.61. The summed E-state index contributed by atoms with van der Waals surface area (Å²) < 4.78 is 22.9. The summed E-state index contributed by atoms with van der Waals surface area (Å²) in [6.07, 6.45) is 1.11. The SMILES string of the molecule is CC1(C)C(=O)Nc2cc(NC(=O)c3ccc(S(C)(=O)=O)cc3)ccc21. The molecule has 0 aliphatic carbocycles. The highest BCUT2D eigenvalue weighted by Crippen LogP contribution is 2.38. The molecule has 7 heteroatoms. The molecule has 2 amide bonds. The fourth-order valence-corrected chi connectivity index (χ4v) is 3.36. The van der Waals surface area contributed by atoms with E-state index in [0.29, 0.717) is 16.9 Å². The average Bonchev–Trinajstić information content (AvgIpc) is 2.76. The molecule has 2 N–H and O–H groups in total. The first-order valence-electron chi connectivity index (χ1n) is 7.66. The van der Waals surface area contributed by atoms with Gasteiger partial charge in [-0.2, -0.15) is 0 Å². The molecule has 25 heavy (non-hydrogen) atoms. The third-order valence-corrected chi connectivity index (χ3v) is 5.44. The van der Waals surface area contributed by atoms with Gasteiger partial charge in [0.1, 0.15) is 0 Å². The Morgan fingerprint density at radius 3 is 2.32 bits per heavy atom. The van der Waals surface area contributed by atoms with Gasteiger partial charge in [0.05, 0.1) is 10.3 Å². The zero-order chi connectivity index (χ0) is 18.4. The molecule has 0 aromatic heterocycles. The Kier molecular flexibility index (Phi) is 3.91. The Bertz CT molecular complexity index is 977. The molecule has 2 aromatic carbocycles. The molecule has 0 radical (unpaired) electrons. The lowest BCUT2D eigenvalue weighted by Crippen LogP contribution is -2.26. The fourth-order valence-electron chi connectivity index (χ4n) is 2.73. The Balaban J connectivity index is 1.81. The summed E-state index contributed by atoms with van der Waals surface area (Å²) in [6.45, 7) is 3.69. The van der Waals surface area contributed by atoms with Crippen molar-refractivity contribution in [3.05, 3.63) is 53.6 Å². The van der Waals surface area contributed by atoms with Gasteiger partial charge in [-0.3, -0.25) is 9.59 Å². The van der Waals surface area contributed by atoms with Crippen LogP contribution in [-0.4, -0.2) is 26.5 Å². The van der Waals surface area contributed by atoms with Crippen LogP contribution in [0.3, 0.4) is 0 Å². The summed E-state index contributed by atoms with van der Waals surface area (Å²) >= 11 is 0. The van der Waals surface area contributed by atoms with E-state index in [-0.39, 0.29) is 16.7 Å². The lowest BCUT2D eigenvalue weighted by Gasteiger charge is -2.15. The van der Waals surface area contributed by atoms with Gasteiger partial charge in [0, 0.05) is 23.2 Å². The van der Waals surface area contributed by atoms with Crippen molar-refractivity contribution < 1.29 is 18.0 Å². The smallest absolute Gasteiger partial charge is 0.255 e. The maximum Gasteiger partial charge on any atom is 0.255 e. The maximum atomic E-state index is 12.3. The number of carbonyl (C=O) groups is 2. The largest absolute Gasteiger partial charge is 0.325 e. The predicted molar refractivity (Wildman–Crippen MR) is 95.6 cm³/mol. The Labute approximate surface area is 146 Å². The molecule has 1 heterocycles. The Morgan fingerprint density at radius 1 is 1.08 bits per heavy atom. The molecular formula is C18H18N2O4S. The van der Waals surface area contributed by atoms with Crippen molar-refractivity contribution in [3.63, 3.8) is 0 Å². The number of nitrogens with one attached hydrogen (secondary N) is 2. The summed E-state index contributed by atoms with van der Waals surface area (Å²) in [6, 6.07) is 11.0. The highest BCUT2D eigenvalue weighted by Gasteiger charge is 2.38. The molecule has 1 aliphatic heterocycles. The molecular weight excluding hydrogens is 340 g/mol. The van der Waals surface area contributed by atoms with E-state index < -0.39 is 15.3 Å². The molecule has 0 fully saturated rings. The number of carbonyl (C=O) groups excluding carboxylic acids is 2. The first-order valence-corrected chi connectivity index (χ1v) is 9.55. The molecule has 0 bridgehead atoms. The standard InChI is InChI=1S/C18H18N2O4S/c1-18(2)14-9-6-12(10-15(14)20-17(18)22)19-16(21)11-4-7-13(8-5-11)25(3,23)24/h4-10H,1-3H3,(H,19,21)(H,20,22). The zero-order valence-electron chi connectivity index (χ0n) is 14.1. The Hall–Kier alpha value is -2.67. The summed E-state index contributed by atoms with van der Waals surface area (Å²) in [5.74, 6) is -0.439. The predicted octanol–water partition coefficient (Wildman–Crippen LogP) is 2.57. The van der Waals surface area contributed by atoms with Crippen LogP contribution in [0, 0.1) is 0 Å². The van der Waals surface area contributed by atoms with Crippen molar-refractivity contribution in [2.24, 2.45) is 0 Å². The van der Waals surface area contributed by atoms with Crippen molar-refractivity contribution in [2.75, 3.05) is 16.9 Å². The van der Waals surface area contributed by atoms with Gasteiger partial charge in [0.2, 0.25) is 5.91 Å². The average molecular weight is 358 g/mol. The molecule has 2 aromatic rings. The normalized spacial score (nSPS) is 15.4. The first kappa shape index (κ1) is 17.2. The number of rotatable bonds is 3. The van der Waals surface area contributed by atoms with Crippen molar-refractivity contribution >= 4 is 33.0 Å². The van der Waals surface area contributed by atoms with Gasteiger partial charge in [0.15, 0.2) is 9.84 Å². The third kappa shape index (κ3) is 3.15. The number of hydrogen-bond donors (Lipinski definition) is 2. The van der Waals surface area contributed by atoms with E-state index >= 15 is 0 Å². The van der Waals surface area contributed by atoms with Gasteiger partial charge in [0.25, 0.3) is 5.91 Å². The van der Waals surface area contributed by atoms with Gasteiger partial charge < -0.3 is 10.6 Å². The monoisotopic (exact) mass is 358 g/mol.